The second kappa shape index (κ2) is 10.1. The van der Waals surface area contributed by atoms with Crippen LogP contribution >= 0.6 is 0 Å². The molecular weight excluding hydrogens is 397 g/mol. The van der Waals surface area contributed by atoms with Crippen LogP contribution in [-0.4, -0.2) is 36.2 Å². The molecule has 8 heteroatoms. The normalized spacial score (nSPS) is 12.4. The number of halogens is 3. The monoisotopic (exact) mass is 422 g/mol. The summed E-state index contributed by atoms with van der Waals surface area (Å²) in [4.78, 5) is 26.6. The average Bonchev–Trinajstić information content (AvgIpc) is 2.66. The fraction of sp³-hybridized carbons (Fsp3) is 0.364. The Morgan fingerprint density at radius 2 is 1.63 bits per heavy atom. The van der Waals surface area contributed by atoms with Crippen LogP contribution in [-0.2, 0) is 22.6 Å². The number of benzene rings is 2. The number of ether oxygens (including phenoxy) is 1. The number of hydrogen-bond acceptors (Lipinski definition) is 3. The molecule has 0 radical (unpaired) electrons. The summed E-state index contributed by atoms with van der Waals surface area (Å²) in [5.74, 6) is -1.27. The minimum absolute atomic E-state index is 0.0944. The van der Waals surface area contributed by atoms with Gasteiger partial charge in [0.05, 0.1) is 6.42 Å². The second-order valence-electron chi connectivity index (χ2n) is 7.30. The molecule has 0 saturated heterocycles. The van der Waals surface area contributed by atoms with Gasteiger partial charge in [-0.15, -0.1) is 13.2 Å². The highest BCUT2D eigenvalue weighted by molar-refractivity contribution is 5.88. The Balaban J connectivity index is 2.07. The summed E-state index contributed by atoms with van der Waals surface area (Å²) in [6, 6.07) is 14.0. The lowest BCUT2D eigenvalue weighted by atomic mass is 10.0. The Bertz CT molecular complexity index is 854. The number of hydrogen-bond donors (Lipinski definition) is 1. The van der Waals surface area contributed by atoms with E-state index < -0.39 is 18.3 Å². The largest absolute Gasteiger partial charge is 0.573 e. The molecule has 0 fully saturated rings. The first-order valence-electron chi connectivity index (χ1n) is 9.48. The van der Waals surface area contributed by atoms with Gasteiger partial charge >= 0.3 is 6.36 Å². The van der Waals surface area contributed by atoms with Crippen molar-refractivity contribution in [3.05, 3.63) is 65.7 Å². The zero-order valence-corrected chi connectivity index (χ0v) is 17.1. The average molecular weight is 422 g/mol. The van der Waals surface area contributed by atoms with Gasteiger partial charge in [0.1, 0.15) is 11.8 Å². The maximum atomic E-state index is 12.9. The predicted octanol–water partition coefficient (Wildman–Crippen LogP) is 3.93. The van der Waals surface area contributed by atoms with E-state index in [4.69, 9.17) is 0 Å². The van der Waals surface area contributed by atoms with Crippen molar-refractivity contribution >= 4 is 11.8 Å². The van der Waals surface area contributed by atoms with Crippen molar-refractivity contribution < 1.29 is 27.5 Å². The van der Waals surface area contributed by atoms with Crippen LogP contribution in [0, 0.1) is 5.92 Å². The van der Waals surface area contributed by atoms with E-state index in [1.54, 1.807) is 19.9 Å². The van der Waals surface area contributed by atoms with Crippen LogP contribution < -0.4 is 10.1 Å². The number of carbonyl (C=O) groups excluding carboxylic acids is 2. The van der Waals surface area contributed by atoms with E-state index in [9.17, 15) is 22.8 Å². The molecule has 1 atom stereocenters. The topological polar surface area (TPSA) is 58.6 Å². The highest BCUT2D eigenvalue weighted by Crippen LogP contribution is 2.27. The molecule has 30 heavy (non-hydrogen) atoms. The first-order valence-corrected chi connectivity index (χ1v) is 9.48. The van der Waals surface area contributed by atoms with Crippen molar-refractivity contribution in [2.45, 2.75) is 39.2 Å². The van der Waals surface area contributed by atoms with Crippen molar-refractivity contribution in [3.63, 3.8) is 0 Å². The molecule has 0 aromatic heterocycles. The Hall–Kier alpha value is -3.03. The molecule has 1 N–H and O–H groups in total. The minimum Gasteiger partial charge on any atom is -0.405 e. The number of nitrogens with one attached hydrogen (secondary N) is 1. The van der Waals surface area contributed by atoms with E-state index in [1.165, 1.54) is 30.1 Å². The summed E-state index contributed by atoms with van der Waals surface area (Å²) in [5.41, 5.74) is 1.03. The van der Waals surface area contributed by atoms with Gasteiger partial charge in [-0.05, 0) is 17.5 Å². The molecule has 0 bridgehead atoms. The zero-order valence-electron chi connectivity index (χ0n) is 17.1. The summed E-state index contributed by atoms with van der Waals surface area (Å²) >= 11 is 0. The summed E-state index contributed by atoms with van der Waals surface area (Å²) in [6.07, 6.45) is -4.70. The number of amides is 2. The third kappa shape index (κ3) is 7.09. The van der Waals surface area contributed by atoms with Crippen molar-refractivity contribution in [3.8, 4) is 5.75 Å². The lowest BCUT2D eigenvalue weighted by Crippen LogP contribution is -2.50. The third-order valence-electron chi connectivity index (χ3n) is 4.44. The SMILES string of the molecule is CC(C)C(NC(=O)Cc1ccccc1)C(=O)N(C)Cc1ccccc1OC(F)(F)F. The first-order chi connectivity index (χ1) is 14.1. The number of carbonyl (C=O) groups is 2. The molecule has 2 amide bonds. The highest BCUT2D eigenvalue weighted by Gasteiger charge is 2.33. The van der Waals surface area contributed by atoms with Crippen LogP contribution in [0.25, 0.3) is 0 Å². The molecule has 2 aromatic carbocycles. The van der Waals surface area contributed by atoms with Gasteiger partial charge in [-0.2, -0.15) is 0 Å². The Morgan fingerprint density at radius 3 is 2.23 bits per heavy atom. The lowest BCUT2D eigenvalue weighted by molar-refractivity contribution is -0.275. The second-order valence-corrected chi connectivity index (χ2v) is 7.30. The van der Waals surface area contributed by atoms with Gasteiger partial charge in [-0.1, -0.05) is 62.4 Å². The Kier molecular flexibility index (Phi) is 7.86. The van der Waals surface area contributed by atoms with Gasteiger partial charge < -0.3 is 15.0 Å². The van der Waals surface area contributed by atoms with E-state index in [-0.39, 0.29) is 36.1 Å². The maximum absolute atomic E-state index is 12.9. The van der Waals surface area contributed by atoms with Crippen molar-refractivity contribution in [2.75, 3.05) is 7.05 Å². The van der Waals surface area contributed by atoms with Crippen LogP contribution in [0.1, 0.15) is 25.0 Å². The summed E-state index contributed by atoms with van der Waals surface area (Å²) in [5, 5.41) is 2.74. The molecule has 5 nitrogen and oxygen atoms in total. The van der Waals surface area contributed by atoms with Crippen molar-refractivity contribution in [2.24, 2.45) is 5.92 Å². The van der Waals surface area contributed by atoms with E-state index in [0.29, 0.717) is 0 Å². The molecule has 0 aliphatic rings. The van der Waals surface area contributed by atoms with E-state index in [2.05, 4.69) is 10.1 Å². The molecule has 0 heterocycles. The van der Waals surface area contributed by atoms with Crippen molar-refractivity contribution in [1.82, 2.24) is 10.2 Å². The maximum Gasteiger partial charge on any atom is 0.573 e. The van der Waals surface area contributed by atoms with Gasteiger partial charge in [-0.25, -0.2) is 0 Å². The van der Waals surface area contributed by atoms with Crippen LogP contribution in [0.15, 0.2) is 54.6 Å². The fourth-order valence-corrected chi connectivity index (χ4v) is 2.95. The Labute approximate surface area is 173 Å². The molecule has 1 unspecified atom stereocenters. The third-order valence-corrected chi connectivity index (χ3v) is 4.44. The molecule has 0 aliphatic heterocycles. The zero-order chi connectivity index (χ0) is 22.3. The van der Waals surface area contributed by atoms with Crippen LogP contribution in [0.3, 0.4) is 0 Å². The number of alkyl halides is 3. The van der Waals surface area contributed by atoms with Crippen LogP contribution in [0.5, 0.6) is 5.75 Å². The first kappa shape index (κ1) is 23.3. The smallest absolute Gasteiger partial charge is 0.405 e. The minimum atomic E-state index is -4.83. The quantitative estimate of drug-likeness (QED) is 0.701. The summed E-state index contributed by atoms with van der Waals surface area (Å²) in [7, 11) is 1.48. The molecule has 0 aliphatic carbocycles. The van der Waals surface area contributed by atoms with Gasteiger partial charge in [0, 0.05) is 19.2 Å². The number of para-hydroxylation sites is 1. The van der Waals surface area contributed by atoms with Crippen LogP contribution in [0.4, 0.5) is 13.2 Å². The van der Waals surface area contributed by atoms with Crippen LogP contribution in [0.2, 0.25) is 0 Å². The number of likely N-dealkylation sites (N-methyl/N-ethyl adjacent to an activating group) is 1. The van der Waals surface area contributed by atoms with Crippen molar-refractivity contribution in [1.29, 1.82) is 0 Å². The molecule has 2 rings (SSSR count). The Morgan fingerprint density at radius 1 is 1.03 bits per heavy atom. The van der Waals surface area contributed by atoms with Gasteiger partial charge in [0.2, 0.25) is 11.8 Å². The predicted molar refractivity (Wildman–Crippen MR) is 107 cm³/mol. The fourth-order valence-electron chi connectivity index (χ4n) is 2.95. The standard InChI is InChI=1S/C22H25F3N2O3/c1-15(2)20(26-19(28)13-16-9-5-4-6-10-16)21(29)27(3)14-17-11-7-8-12-18(17)30-22(23,24)25/h4-12,15,20H,13-14H2,1-3H3,(H,26,28). The number of nitrogens with zero attached hydrogens (tertiary/aromatic N) is 1. The highest BCUT2D eigenvalue weighted by atomic mass is 19.4. The van der Waals surface area contributed by atoms with E-state index in [1.807, 2.05) is 30.3 Å². The molecular formula is C22H25F3N2O3. The summed E-state index contributed by atoms with van der Waals surface area (Å²) < 4.78 is 41.9. The molecule has 0 spiro atoms. The van der Waals surface area contributed by atoms with Gasteiger partial charge in [0.25, 0.3) is 0 Å². The van der Waals surface area contributed by atoms with Gasteiger partial charge in [-0.3, -0.25) is 9.59 Å². The van der Waals surface area contributed by atoms with E-state index in [0.717, 1.165) is 5.56 Å². The summed E-state index contributed by atoms with van der Waals surface area (Å²) in [6.45, 7) is 3.49. The number of rotatable bonds is 8. The van der Waals surface area contributed by atoms with E-state index >= 15 is 0 Å². The van der Waals surface area contributed by atoms with Gasteiger partial charge in [0.15, 0.2) is 0 Å². The lowest BCUT2D eigenvalue weighted by Gasteiger charge is -2.27. The molecule has 2 aromatic rings. The molecule has 162 valence electrons. The molecule has 0 saturated carbocycles.